The molecule has 74 valence electrons. The third kappa shape index (κ3) is 3.77. The first-order valence-electron chi connectivity index (χ1n) is 5.09. The van der Waals surface area contributed by atoms with E-state index in [1.54, 1.807) is 0 Å². The van der Waals surface area contributed by atoms with E-state index in [-0.39, 0.29) is 12.4 Å². The van der Waals surface area contributed by atoms with E-state index in [0.29, 0.717) is 0 Å². The normalized spacial score (nSPS) is 24.0. The molecule has 0 aromatic rings. The van der Waals surface area contributed by atoms with Gasteiger partial charge in [-0.15, -0.1) is 12.4 Å². The van der Waals surface area contributed by atoms with Gasteiger partial charge in [0.25, 0.3) is 0 Å². The molecule has 0 N–H and O–H groups in total. The van der Waals surface area contributed by atoms with Gasteiger partial charge in [-0.25, -0.2) is 0 Å². The molecule has 0 aromatic carbocycles. The molecule has 1 aliphatic heterocycles. The van der Waals surface area contributed by atoms with Crippen LogP contribution in [0.3, 0.4) is 0 Å². The number of likely N-dealkylation sites (tertiary alicyclic amines) is 1. The van der Waals surface area contributed by atoms with Gasteiger partial charge in [0.2, 0.25) is 0 Å². The summed E-state index contributed by atoms with van der Waals surface area (Å²) in [5, 5.41) is 0. The van der Waals surface area contributed by atoms with Crippen molar-refractivity contribution in [3.63, 3.8) is 0 Å². The largest absolute Gasteiger partial charge is 0.303 e. The van der Waals surface area contributed by atoms with Gasteiger partial charge in [-0.1, -0.05) is 26.7 Å². The summed E-state index contributed by atoms with van der Waals surface area (Å²) in [6.07, 6.45) is 5.71. The molecule has 0 aliphatic carbocycles. The molecule has 1 aliphatic rings. The average Bonchev–Trinajstić information content (AvgIpc) is 2.48. The van der Waals surface area contributed by atoms with Crippen LogP contribution in [-0.2, 0) is 0 Å². The lowest BCUT2D eigenvalue weighted by Gasteiger charge is -2.12. The fourth-order valence-corrected chi connectivity index (χ4v) is 1.93. The first-order valence-corrected chi connectivity index (χ1v) is 5.09. The summed E-state index contributed by atoms with van der Waals surface area (Å²) in [4.78, 5) is 2.57. The Hall–Kier alpha value is 0.250. The lowest BCUT2D eigenvalue weighted by atomic mass is 10.0. The van der Waals surface area contributed by atoms with Crippen molar-refractivity contribution in [2.45, 2.75) is 39.5 Å². The molecule has 0 bridgehead atoms. The van der Waals surface area contributed by atoms with Crippen molar-refractivity contribution in [1.82, 2.24) is 4.90 Å². The zero-order chi connectivity index (χ0) is 8.10. The molecule has 0 saturated carbocycles. The van der Waals surface area contributed by atoms with Crippen molar-refractivity contribution >= 4 is 12.4 Å². The monoisotopic (exact) mass is 191 g/mol. The molecule has 1 rings (SSSR count). The second kappa shape index (κ2) is 6.73. The maximum atomic E-state index is 2.57. The van der Waals surface area contributed by atoms with Crippen LogP contribution >= 0.6 is 12.4 Å². The molecule has 1 nitrogen and oxygen atoms in total. The van der Waals surface area contributed by atoms with Gasteiger partial charge in [0.15, 0.2) is 0 Å². The molecule has 0 radical (unpaired) electrons. The van der Waals surface area contributed by atoms with Gasteiger partial charge in [0.1, 0.15) is 0 Å². The van der Waals surface area contributed by atoms with Crippen molar-refractivity contribution in [2.75, 3.05) is 19.6 Å². The van der Waals surface area contributed by atoms with Crippen molar-refractivity contribution in [3.8, 4) is 0 Å². The predicted octanol–water partition coefficient (Wildman–Crippen LogP) is 2.94. The van der Waals surface area contributed by atoms with Crippen LogP contribution in [0.15, 0.2) is 0 Å². The van der Waals surface area contributed by atoms with E-state index in [4.69, 9.17) is 0 Å². The van der Waals surface area contributed by atoms with Gasteiger partial charge in [-0.2, -0.15) is 0 Å². The van der Waals surface area contributed by atoms with Crippen LogP contribution in [0.1, 0.15) is 39.5 Å². The predicted molar refractivity (Wildman–Crippen MR) is 57.0 cm³/mol. The van der Waals surface area contributed by atoms with Crippen LogP contribution in [0.25, 0.3) is 0 Å². The first-order chi connectivity index (χ1) is 5.36. The van der Waals surface area contributed by atoms with Crippen LogP contribution in [0, 0.1) is 5.92 Å². The number of nitrogens with zero attached hydrogens (tertiary/aromatic N) is 1. The Morgan fingerprint density at radius 3 is 2.58 bits per heavy atom. The summed E-state index contributed by atoms with van der Waals surface area (Å²) >= 11 is 0. The summed E-state index contributed by atoms with van der Waals surface area (Å²) in [6.45, 7) is 8.53. The fourth-order valence-electron chi connectivity index (χ4n) is 1.93. The van der Waals surface area contributed by atoms with Crippen LogP contribution in [0.5, 0.6) is 0 Å². The topological polar surface area (TPSA) is 3.24 Å². The zero-order valence-electron chi connectivity index (χ0n) is 8.38. The molecule has 1 saturated heterocycles. The molecule has 1 atom stereocenters. The summed E-state index contributed by atoms with van der Waals surface area (Å²) in [7, 11) is 0. The highest BCUT2D eigenvalue weighted by atomic mass is 35.5. The summed E-state index contributed by atoms with van der Waals surface area (Å²) in [5.74, 6) is 1.02. The molecule has 0 amide bonds. The Kier molecular flexibility index (Phi) is 6.87. The van der Waals surface area contributed by atoms with Gasteiger partial charge in [-0.3, -0.25) is 0 Å². The molecular weight excluding hydrogens is 170 g/mol. The smallest absolute Gasteiger partial charge is 0.00100 e. The number of unbranched alkanes of at least 4 members (excludes halogenated alkanes) is 1. The summed E-state index contributed by atoms with van der Waals surface area (Å²) in [6, 6.07) is 0. The van der Waals surface area contributed by atoms with E-state index in [1.807, 2.05) is 0 Å². The molecule has 12 heavy (non-hydrogen) atoms. The van der Waals surface area contributed by atoms with Crippen molar-refractivity contribution in [3.05, 3.63) is 0 Å². The lowest BCUT2D eigenvalue weighted by molar-refractivity contribution is 0.336. The second-order valence-corrected chi connectivity index (χ2v) is 3.69. The van der Waals surface area contributed by atoms with Crippen LogP contribution < -0.4 is 0 Å². The third-order valence-electron chi connectivity index (χ3n) is 2.78. The summed E-state index contributed by atoms with van der Waals surface area (Å²) < 4.78 is 0. The van der Waals surface area contributed by atoms with E-state index in [2.05, 4.69) is 18.7 Å². The quantitative estimate of drug-likeness (QED) is 0.661. The molecule has 0 spiro atoms. The Bertz CT molecular complexity index is 106. The minimum absolute atomic E-state index is 0. The highest BCUT2D eigenvalue weighted by Crippen LogP contribution is 2.20. The van der Waals surface area contributed by atoms with Crippen molar-refractivity contribution < 1.29 is 0 Å². The average molecular weight is 192 g/mol. The van der Waals surface area contributed by atoms with E-state index in [1.165, 1.54) is 45.3 Å². The van der Waals surface area contributed by atoms with Gasteiger partial charge in [0, 0.05) is 6.54 Å². The van der Waals surface area contributed by atoms with E-state index < -0.39 is 0 Å². The first kappa shape index (κ1) is 12.2. The number of hydrogen-bond donors (Lipinski definition) is 0. The number of rotatable bonds is 4. The lowest BCUT2D eigenvalue weighted by Crippen LogP contribution is -2.19. The highest BCUT2D eigenvalue weighted by Gasteiger charge is 2.19. The highest BCUT2D eigenvalue weighted by molar-refractivity contribution is 5.85. The van der Waals surface area contributed by atoms with Crippen molar-refractivity contribution in [2.24, 2.45) is 5.92 Å². The van der Waals surface area contributed by atoms with E-state index in [9.17, 15) is 0 Å². The third-order valence-corrected chi connectivity index (χ3v) is 2.78. The molecule has 1 fully saturated rings. The fraction of sp³-hybridized carbons (Fsp3) is 1.00. The molecule has 1 heterocycles. The van der Waals surface area contributed by atoms with Crippen LogP contribution in [0.4, 0.5) is 0 Å². The maximum absolute atomic E-state index is 2.57. The maximum Gasteiger partial charge on any atom is 0.00100 e. The van der Waals surface area contributed by atoms with Crippen LogP contribution in [0.2, 0.25) is 0 Å². The number of hydrogen-bond acceptors (Lipinski definition) is 1. The van der Waals surface area contributed by atoms with E-state index in [0.717, 1.165) is 5.92 Å². The van der Waals surface area contributed by atoms with Crippen molar-refractivity contribution in [1.29, 1.82) is 0 Å². The standard InChI is InChI=1S/C10H21N.ClH/c1-3-5-6-10-7-8-11(4-2)9-10;/h10H,3-9H2,1-2H3;1H. The zero-order valence-corrected chi connectivity index (χ0v) is 9.20. The molecule has 1 unspecified atom stereocenters. The van der Waals surface area contributed by atoms with E-state index >= 15 is 0 Å². The second-order valence-electron chi connectivity index (χ2n) is 3.69. The Balaban J connectivity index is 0.00000121. The molecule has 0 aromatic heterocycles. The van der Waals surface area contributed by atoms with Gasteiger partial charge in [0.05, 0.1) is 0 Å². The number of halogens is 1. The van der Waals surface area contributed by atoms with Gasteiger partial charge >= 0.3 is 0 Å². The minimum Gasteiger partial charge on any atom is -0.303 e. The Morgan fingerprint density at radius 1 is 1.33 bits per heavy atom. The molecular formula is C10H22ClN. The summed E-state index contributed by atoms with van der Waals surface area (Å²) in [5.41, 5.74) is 0. The van der Waals surface area contributed by atoms with Crippen LogP contribution in [-0.4, -0.2) is 24.5 Å². The Labute approximate surface area is 82.9 Å². The molecule has 2 heteroatoms. The minimum atomic E-state index is 0. The van der Waals surface area contributed by atoms with Gasteiger partial charge < -0.3 is 4.90 Å². The SMILES string of the molecule is CCCCC1CCN(CC)C1.Cl. The van der Waals surface area contributed by atoms with Gasteiger partial charge in [-0.05, 0) is 31.8 Å². The Morgan fingerprint density at radius 2 is 2.08 bits per heavy atom.